The van der Waals surface area contributed by atoms with Gasteiger partial charge in [0.1, 0.15) is 12.7 Å². The van der Waals surface area contributed by atoms with E-state index in [9.17, 15) is 4.79 Å². The highest BCUT2D eigenvalue weighted by Gasteiger charge is 2.14. The third-order valence-corrected chi connectivity index (χ3v) is 3.07. The van der Waals surface area contributed by atoms with Crippen molar-refractivity contribution in [2.45, 2.75) is 6.23 Å². The summed E-state index contributed by atoms with van der Waals surface area (Å²) in [5.41, 5.74) is 0.290. The van der Waals surface area contributed by atoms with Gasteiger partial charge in [-0.3, -0.25) is 4.79 Å². The van der Waals surface area contributed by atoms with Gasteiger partial charge in [-0.15, -0.1) is 0 Å². The Morgan fingerprint density at radius 2 is 2.21 bits per heavy atom. The van der Waals surface area contributed by atoms with E-state index in [1.54, 1.807) is 6.07 Å². The van der Waals surface area contributed by atoms with Gasteiger partial charge in [-0.1, -0.05) is 29.1 Å². The van der Waals surface area contributed by atoms with Crippen LogP contribution >= 0.6 is 45.8 Å². The number of carbonyl (C=O) groups excluding carboxylic acids is 1. The van der Waals surface area contributed by atoms with Gasteiger partial charge < -0.3 is 10.1 Å². The van der Waals surface area contributed by atoms with Crippen molar-refractivity contribution in [3.05, 3.63) is 33.8 Å². The molecule has 0 aliphatic carbocycles. The second-order valence-corrected chi connectivity index (χ2v) is 4.55. The molecule has 0 bridgehead atoms. The Morgan fingerprint density at radius 1 is 1.47 bits per heavy atom. The van der Waals surface area contributed by atoms with Crippen molar-refractivity contribution >= 4 is 51.7 Å². The van der Waals surface area contributed by atoms with Gasteiger partial charge in [0.15, 0.2) is 0 Å². The zero-order valence-electron chi connectivity index (χ0n) is 9.41. The number of amides is 1. The molecule has 7 heteroatoms. The van der Waals surface area contributed by atoms with Crippen LogP contribution in [0.1, 0.15) is 10.4 Å². The fourth-order valence-corrected chi connectivity index (χ4v) is 1.56. The SMILES string of the molecule is N#CC(NC(=O)c1ccc(Cl)c(Cl)c1)OCC#CI. The summed E-state index contributed by atoms with van der Waals surface area (Å²) in [5.74, 6) is 2.14. The van der Waals surface area contributed by atoms with Crippen LogP contribution in [0.2, 0.25) is 10.0 Å². The molecule has 19 heavy (non-hydrogen) atoms. The Hall–Kier alpha value is -0.990. The lowest BCUT2D eigenvalue weighted by Gasteiger charge is -2.11. The zero-order chi connectivity index (χ0) is 14.3. The predicted octanol–water partition coefficient (Wildman–Crippen LogP) is 2.99. The third-order valence-electron chi connectivity index (χ3n) is 1.95. The van der Waals surface area contributed by atoms with E-state index in [4.69, 9.17) is 33.2 Å². The van der Waals surface area contributed by atoms with E-state index < -0.39 is 12.1 Å². The lowest BCUT2D eigenvalue weighted by molar-refractivity contribution is 0.0685. The molecule has 1 amide bonds. The smallest absolute Gasteiger partial charge is 0.254 e. The van der Waals surface area contributed by atoms with Crippen molar-refractivity contribution in [2.24, 2.45) is 0 Å². The van der Waals surface area contributed by atoms with Crippen molar-refractivity contribution in [3.63, 3.8) is 0 Å². The van der Waals surface area contributed by atoms with Crippen LogP contribution in [0.5, 0.6) is 0 Å². The second kappa shape index (κ2) is 8.23. The number of ether oxygens (including phenoxy) is 1. The minimum Gasteiger partial charge on any atom is -0.332 e. The fourth-order valence-electron chi connectivity index (χ4n) is 1.10. The normalized spacial score (nSPS) is 10.8. The fraction of sp³-hybridized carbons (Fsp3) is 0.167. The number of nitrogens with zero attached hydrogens (tertiary/aromatic N) is 1. The maximum atomic E-state index is 11.8. The molecule has 0 radical (unpaired) electrons. The molecule has 1 N–H and O–H groups in total. The predicted molar refractivity (Wildman–Crippen MR) is 81.1 cm³/mol. The Labute approximate surface area is 134 Å². The number of benzene rings is 1. The molecule has 0 aromatic heterocycles. The first-order valence-electron chi connectivity index (χ1n) is 4.94. The van der Waals surface area contributed by atoms with Crippen LogP contribution in [0.15, 0.2) is 18.2 Å². The highest BCUT2D eigenvalue weighted by atomic mass is 127. The topological polar surface area (TPSA) is 62.1 Å². The summed E-state index contributed by atoms with van der Waals surface area (Å²) in [6.07, 6.45) is -1.07. The maximum Gasteiger partial charge on any atom is 0.254 e. The molecular formula is C12H7Cl2IN2O2. The number of hydrogen-bond donors (Lipinski definition) is 1. The van der Waals surface area contributed by atoms with Gasteiger partial charge in [0.2, 0.25) is 6.23 Å². The number of rotatable bonds is 4. The summed E-state index contributed by atoms with van der Waals surface area (Å²) in [6.45, 7) is 0.0584. The summed E-state index contributed by atoms with van der Waals surface area (Å²) >= 11 is 13.4. The number of carbonyl (C=O) groups is 1. The van der Waals surface area contributed by atoms with E-state index in [1.807, 2.05) is 22.6 Å². The van der Waals surface area contributed by atoms with E-state index in [-0.39, 0.29) is 11.6 Å². The lowest BCUT2D eigenvalue weighted by Crippen LogP contribution is -2.35. The monoisotopic (exact) mass is 408 g/mol. The van der Waals surface area contributed by atoms with Crippen molar-refractivity contribution in [3.8, 4) is 15.9 Å². The first-order valence-corrected chi connectivity index (χ1v) is 6.77. The van der Waals surface area contributed by atoms with Crippen LogP contribution in [-0.4, -0.2) is 18.7 Å². The summed E-state index contributed by atoms with van der Waals surface area (Å²) in [6, 6.07) is 6.22. The summed E-state index contributed by atoms with van der Waals surface area (Å²) < 4.78 is 7.63. The molecule has 0 saturated carbocycles. The molecule has 0 spiro atoms. The van der Waals surface area contributed by atoms with Gasteiger partial charge in [-0.05, 0) is 22.1 Å². The van der Waals surface area contributed by atoms with Crippen LogP contribution in [0, 0.1) is 21.2 Å². The molecule has 1 atom stereocenters. The summed E-state index contributed by atoms with van der Waals surface area (Å²) in [4.78, 5) is 11.8. The number of nitrogens with one attached hydrogen (secondary N) is 1. The van der Waals surface area contributed by atoms with Gasteiger partial charge in [0.25, 0.3) is 5.91 Å². The van der Waals surface area contributed by atoms with Gasteiger partial charge in [-0.25, -0.2) is 0 Å². The van der Waals surface area contributed by atoms with Crippen molar-refractivity contribution in [1.82, 2.24) is 5.32 Å². The van der Waals surface area contributed by atoms with Crippen LogP contribution in [-0.2, 0) is 4.74 Å². The number of halogens is 3. The van der Waals surface area contributed by atoms with Gasteiger partial charge in [0, 0.05) is 28.2 Å². The number of nitriles is 1. The van der Waals surface area contributed by atoms with E-state index in [2.05, 4.69) is 15.2 Å². The molecule has 0 heterocycles. The van der Waals surface area contributed by atoms with Crippen LogP contribution in [0.4, 0.5) is 0 Å². The maximum absolute atomic E-state index is 11.8. The molecule has 0 aliphatic rings. The highest BCUT2D eigenvalue weighted by molar-refractivity contribution is 14.1. The Morgan fingerprint density at radius 3 is 2.79 bits per heavy atom. The molecular weight excluding hydrogens is 402 g/mol. The largest absolute Gasteiger partial charge is 0.332 e. The van der Waals surface area contributed by atoms with Crippen molar-refractivity contribution < 1.29 is 9.53 Å². The van der Waals surface area contributed by atoms with Gasteiger partial charge in [0.05, 0.1) is 10.0 Å². The molecule has 4 nitrogen and oxygen atoms in total. The molecule has 1 aromatic carbocycles. The molecule has 1 unspecified atom stereocenters. The second-order valence-electron chi connectivity index (χ2n) is 3.19. The Bertz CT molecular complexity index is 575. The van der Waals surface area contributed by atoms with E-state index in [1.165, 1.54) is 18.2 Å². The van der Waals surface area contributed by atoms with E-state index in [0.29, 0.717) is 10.6 Å². The van der Waals surface area contributed by atoms with E-state index in [0.717, 1.165) is 0 Å². The molecule has 98 valence electrons. The van der Waals surface area contributed by atoms with Crippen LogP contribution in [0.3, 0.4) is 0 Å². The minimum atomic E-state index is -1.07. The lowest BCUT2D eigenvalue weighted by atomic mass is 10.2. The highest BCUT2D eigenvalue weighted by Crippen LogP contribution is 2.22. The van der Waals surface area contributed by atoms with Crippen LogP contribution < -0.4 is 5.32 Å². The molecule has 1 aromatic rings. The Kier molecular flexibility index (Phi) is 6.96. The first-order chi connectivity index (χ1) is 9.08. The van der Waals surface area contributed by atoms with Crippen molar-refractivity contribution in [1.29, 1.82) is 5.26 Å². The Balaban J connectivity index is 2.68. The molecule has 0 fully saturated rings. The molecule has 0 saturated heterocycles. The standard InChI is InChI=1S/C12H7Cl2IN2O2/c13-9-3-2-8(6-10(9)14)12(18)17-11(7-16)19-5-1-4-15/h2-3,6,11H,5H2,(H,17,18). The summed E-state index contributed by atoms with van der Waals surface area (Å²) in [7, 11) is 0. The average molecular weight is 409 g/mol. The molecule has 0 aliphatic heterocycles. The molecule has 1 rings (SSSR count). The van der Waals surface area contributed by atoms with Gasteiger partial charge in [-0.2, -0.15) is 5.26 Å². The number of hydrogen-bond acceptors (Lipinski definition) is 3. The van der Waals surface area contributed by atoms with Crippen LogP contribution in [0.25, 0.3) is 0 Å². The van der Waals surface area contributed by atoms with Gasteiger partial charge >= 0.3 is 0 Å². The first kappa shape index (κ1) is 16.1. The average Bonchev–Trinajstić information content (AvgIpc) is 2.40. The minimum absolute atomic E-state index is 0.0584. The third kappa shape index (κ3) is 5.25. The summed E-state index contributed by atoms with van der Waals surface area (Å²) in [5, 5.41) is 11.8. The zero-order valence-corrected chi connectivity index (χ0v) is 13.1. The van der Waals surface area contributed by atoms with Crippen molar-refractivity contribution in [2.75, 3.05) is 6.61 Å². The van der Waals surface area contributed by atoms with E-state index >= 15 is 0 Å². The quantitative estimate of drug-likeness (QED) is 0.473.